The van der Waals surface area contributed by atoms with E-state index in [1.165, 1.54) is 27.6 Å². The van der Waals surface area contributed by atoms with Crippen molar-refractivity contribution in [2.75, 3.05) is 45.8 Å². The van der Waals surface area contributed by atoms with Crippen molar-refractivity contribution in [2.45, 2.75) is 82.8 Å². The topological polar surface area (TPSA) is 129 Å². The SMILES string of the molecule is C[C@H](c1ccc(C#CC2CCN(C(=O)CN3CCC(c4ccc5c(c4)n(C)c(=O)n5C4CCC(=O)NC4=O)CC3)CC2)c2ccccc12)N1CCC(C(=O)NCc2cccc(F)c2)CC1. The number of amides is 4. The van der Waals surface area contributed by atoms with Crippen LogP contribution in [-0.2, 0) is 32.8 Å². The fourth-order valence-corrected chi connectivity index (χ4v) is 10.6. The van der Waals surface area contributed by atoms with Crippen LogP contribution in [0.3, 0.4) is 0 Å². The molecule has 4 amide bonds. The average Bonchev–Trinajstić information content (AvgIpc) is 3.57. The van der Waals surface area contributed by atoms with Crippen molar-refractivity contribution in [3.8, 4) is 11.8 Å². The van der Waals surface area contributed by atoms with Crippen LogP contribution >= 0.6 is 0 Å². The molecule has 65 heavy (non-hydrogen) atoms. The highest BCUT2D eigenvalue weighted by Crippen LogP contribution is 2.34. The van der Waals surface area contributed by atoms with Crippen LogP contribution in [0.25, 0.3) is 21.8 Å². The minimum absolute atomic E-state index is 0.0344. The average molecular weight is 880 g/mol. The Morgan fingerprint density at radius 2 is 1.57 bits per heavy atom. The summed E-state index contributed by atoms with van der Waals surface area (Å²) in [6.07, 6.45) is 5.59. The number of nitrogens with one attached hydrogen (secondary N) is 2. The molecule has 4 fully saturated rings. The molecule has 5 aromatic rings. The second kappa shape index (κ2) is 19.2. The van der Waals surface area contributed by atoms with Crippen LogP contribution in [-0.4, -0.2) is 93.3 Å². The Morgan fingerprint density at radius 1 is 0.815 bits per heavy atom. The molecule has 4 aliphatic heterocycles. The summed E-state index contributed by atoms with van der Waals surface area (Å²) in [5.41, 5.74) is 5.38. The van der Waals surface area contributed by atoms with Crippen molar-refractivity contribution in [1.29, 1.82) is 0 Å². The summed E-state index contributed by atoms with van der Waals surface area (Å²) in [5, 5.41) is 7.71. The van der Waals surface area contributed by atoms with E-state index in [2.05, 4.69) is 87.7 Å². The molecule has 2 N–H and O–H groups in total. The molecule has 13 heteroatoms. The zero-order valence-corrected chi connectivity index (χ0v) is 37.4. The monoisotopic (exact) mass is 879 g/mol. The lowest BCUT2D eigenvalue weighted by atomic mass is 9.89. The van der Waals surface area contributed by atoms with Gasteiger partial charge in [-0.2, -0.15) is 0 Å². The molecule has 4 aromatic carbocycles. The molecule has 0 aliphatic carbocycles. The third-order valence-corrected chi connectivity index (χ3v) is 14.5. The van der Waals surface area contributed by atoms with Gasteiger partial charge in [-0.3, -0.25) is 43.4 Å². The van der Waals surface area contributed by atoms with E-state index in [4.69, 9.17) is 0 Å². The van der Waals surface area contributed by atoms with Crippen LogP contribution in [0.1, 0.15) is 98.5 Å². The number of imidazole rings is 1. The van der Waals surface area contributed by atoms with Crippen LogP contribution in [0, 0.1) is 29.5 Å². The predicted octanol–water partition coefficient (Wildman–Crippen LogP) is 6.17. The standard InChI is InChI=1S/C52H58FN7O5/c1-34(58-28-22-39(23-29-58)50(63)54-32-36-6-5-7-41(53)30-36)42-14-12-38(43-8-3-4-9-44(42)43)11-10-35-18-26-59(27-19-35)49(62)33-57-24-20-37(21-25-57)40-13-15-45-47(31-40)56(2)52(65)60(45)46-16-17-48(61)55-51(46)64/h3-9,12-15,30-31,34-35,37,39,46H,16-29,32-33H2,1-2H3,(H,54,63)(H,55,61,64)/t34-,46?/m1/s1. The smallest absolute Gasteiger partial charge is 0.329 e. The number of benzene rings is 4. The summed E-state index contributed by atoms with van der Waals surface area (Å²) in [6, 6.07) is 24.7. The van der Waals surface area contributed by atoms with Crippen LogP contribution in [0.2, 0.25) is 0 Å². The molecule has 1 aromatic heterocycles. The molecule has 338 valence electrons. The molecule has 5 heterocycles. The van der Waals surface area contributed by atoms with Crippen molar-refractivity contribution in [2.24, 2.45) is 18.9 Å². The summed E-state index contributed by atoms with van der Waals surface area (Å²) < 4.78 is 16.7. The number of carbonyl (C=O) groups is 4. The van der Waals surface area contributed by atoms with Crippen molar-refractivity contribution < 1.29 is 23.6 Å². The van der Waals surface area contributed by atoms with Gasteiger partial charge in [0.25, 0.3) is 0 Å². The molecule has 0 radical (unpaired) electrons. The number of rotatable bonds is 9. The molecule has 9 rings (SSSR count). The van der Waals surface area contributed by atoms with Gasteiger partial charge in [0.2, 0.25) is 23.6 Å². The van der Waals surface area contributed by atoms with Gasteiger partial charge in [0, 0.05) is 56.5 Å². The van der Waals surface area contributed by atoms with Gasteiger partial charge in [0.1, 0.15) is 11.9 Å². The number of piperidine rings is 4. The number of nitrogens with zero attached hydrogens (tertiary/aromatic N) is 5. The first-order chi connectivity index (χ1) is 31.5. The minimum Gasteiger partial charge on any atom is -0.352 e. The van der Waals surface area contributed by atoms with E-state index in [9.17, 15) is 28.4 Å². The lowest BCUT2D eigenvalue weighted by Crippen LogP contribution is -2.45. The van der Waals surface area contributed by atoms with Gasteiger partial charge in [-0.15, -0.1) is 0 Å². The van der Waals surface area contributed by atoms with Crippen LogP contribution < -0.4 is 16.3 Å². The Hall–Kier alpha value is -6.10. The number of fused-ring (bicyclic) bond motifs is 2. The molecule has 4 saturated heterocycles. The lowest BCUT2D eigenvalue weighted by molar-refractivity contribution is -0.136. The number of hydrogen-bond donors (Lipinski definition) is 2. The molecular formula is C52H58FN7O5. The highest BCUT2D eigenvalue weighted by atomic mass is 19.1. The highest BCUT2D eigenvalue weighted by Gasteiger charge is 2.33. The first-order valence-electron chi connectivity index (χ1n) is 23.3. The van der Waals surface area contributed by atoms with Gasteiger partial charge in [-0.05, 0) is 142 Å². The van der Waals surface area contributed by atoms with E-state index in [0.29, 0.717) is 44.0 Å². The molecule has 0 spiro atoms. The molecule has 0 saturated carbocycles. The molecule has 0 bridgehead atoms. The van der Waals surface area contributed by atoms with E-state index in [1.807, 2.05) is 17.0 Å². The van der Waals surface area contributed by atoms with Gasteiger partial charge in [0.05, 0.1) is 17.6 Å². The number of imide groups is 1. The Bertz CT molecular complexity index is 2740. The van der Waals surface area contributed by atoms with Crippen molar-refractivity contribution in [1.82, 2.24) is 34.5 Å². The maximum absolute atomic E-state index is 13.6. The zero-order valence-electron chi connectivity index (χ0n) is 37.4. The summed E-state index contributed by atoms with van der Waals surface area (Å²) in [5.74, 6) is 6.72. The van der Waals surface area contributed by atoms with E-state index >= 15 is 0 Å². The van der Waals surface area contributed by atoms with E-state index in [1.54, 1.807) is 17.7 Å². The Labute approximate surface area is 379 Å². The quantitative estimate of drug-likeness (QED) is 0.134. The van der Waals surface area contributed by atoms with Crippen molar-refractivity contribution in [3.63, 3.8) is 0 Å². The van der Waals surface area contributed by atoms with Crippen molar-refractivity contribution in [3.05, 3.63) is 117 Å². The minimum atomic E-state index is -0.706. The number of aromatic nitrogens is 2. The largest absolute Gasteiger partial charge is 0.352 e. The maximum atomic E-state index is 13.6. The fraction of sp³-hybridized carbons (Fsp3) is 0.442. The Morgan fingerprint density at radius 3 is 2.31 bits per heavy atom. The number of likely N-dealkylation sites (tertiary alicyclic amines) is 3. The number of hydrogen-bond acceptors (Lipinski definition) is 7. The van der Waals surface area contributed by atoms with Gasteiger partial charge in [-0.1, -0.05) is 60.4 Å². The first-order valence-corrected chi connectivity index (χ1v) is 23.3. The summed E-state index contributed by atoms with van der Waals surface area (Å²) in [6.45, 7) is 7.67. The zero-order chi connectivity index (χ0) is 45.2. The molecule has 12 nitrogen and oxygen atoms in total. The summed E-state index contributed by atoms with van der Waals surface area (Å²) >= 11 is 0. The summed E-state index contributed by atoms with van der Waals surface area (Å²) in [4.78, 5) is 70.8. The second-order valence-electron chi connectivity index (χ2n) is 18.5. The van der Waals surface area contributed by atoms with E-state index in [-0.39, 0.29) is 53.5 Å². The molecular weight excluding hydrogens is 822 g/mol. The molecule has 2 atom stereocenters. The third-order valence-electron chi connectivity index (χ3n) is 14.5. The predicted molar refractivity (Wildman–Crippen MR) is 248 cm³/mol. The van der Waals surface area contributed by atoms with Gasteiger partial charge in [-0.25, -0.2) is 9.18 Å². The van der Waals surface area contributed by atoms with Crippen LogP contribution in [0.5, 0.6) is 0 Å². The van der Waals surface area contributed by atoms with E-state index < -0.39 is 11.9 Å². The Balaban J connectivity index is 0.746. The van der Waals surface area contributed by atoms with E-state index in [0.717, 1.165) is 92.3 Å². The molecule has 1 unspecified atom stereocenters. The highest BCUT2D eigenvalue weighted by molar-refractivity contribution is 6.00. The van der Waals surface area contributed by atoms with Crippen molar-refractivity contribution >= 4 is 45.4 Å². The van der Waals surface area contributed by atoms with Gasteiger partial charge in [0.15, 0.2) is 0 Å². The second-order valence-corrected chi connectivity index (χ2v) is 18.5. The number of aryl methyl sites for hydroxylation is 1. The summed E-state index contributed by atoms with van der Waals surface area (Å²) in [7, 11) is 1.72. The third kappa shape index (κ3) is 9.51. The van der Waals surface area contributed by atoms with Gasteiger partial charge >= 0.3 is 5.69 Å². The number of carbonyl (C=O) groups excluding carboxylic acids is 4. The van der Waals surface area contributed by atoms with Gasteiger partial charge < -0.3 is 10.2 Å². The van der Waals surface area contributed by atoms with Crippen LogP contribution in [0.15, 0.2) is 83.7 Å². The normalized spacial score (nSPS) is 20.1. The first kappa shape index (κ1) is 44.1. The maximum Gasteiger partial charge on any atom is 0.329 e. The van der Waals surface area contributed by atoms with Crippen LogP contribution in [0.4, 0.5) is 4.39 Å². The molecule has 4 aliphatic rings. The Kier molecular flexibility index (Phi) is 13.0. The number of halogens is 1. The lowest BCUT2D eigenvalue weighted by Gasteiger charge is -2.36. The fourth-order valence-electron chi connectivity index (χ4n) is 10.6.